The third-order valence-electron chi connectivity index (χ3n) is 2.28. The van der Waals surface area contributed by atoms with Gasteiger partial charge in [0.2, 0.25) is 0 Å². The second-order valence-corrected chi connectivity index (χ2v) is 4.56. The van der Waals surface area contributed by atoms with Crippen molar-refractivity contribution in [1.82, 2.24) is 0 Å². The number of para-hydroxylation sites is 1. The lowest BCUT2D eigenvalue weighted by Gasteiger charge is -2.04. The number of hydrogen-bond donors (Lipinski definition) is 1. The molecule has 0 spiro atoms. The first-order valence-corrected chi connectivity index (χ1v) is 5.31. The minimum atomic E-state index is 0.491. The minimum absolute atomic E-state index is 0.491. The minimum Gasteiger partial charge on any atom is -0.507 e. The van der Waals surface area contributed by atoms with E-state index in [1.807, 2.05) is 18.2 Å². The molecule has 1 nitrogen and oxygen atoms in total. The zero-order valence-corrected chi connectivity index (χ0v) is 8.91. The van der Waals surface area contributed by atoms with Crippen molar-refractivity contribution in [3.8, 4) is 5.75 Å². The molecule has 1 aliphatic rings. The number of aromatic hydroxyl groups is 1. The van der Waals surface area contributed by atoms with Crippen LogP contribution in [0, 0.1) is 9.49 Å². The zero-order chi connectivity index (χ0) is 8.55. The third-order valence-corrected chi connectivity index (χ3v) is 3.15. The SMILES string of the molecule is Oc1c(I)cccc1CC1CC1. The molecule has 1 fully saturated rings. The summed E-state index contributed by atoms with van der Waals surface area (Å²) in [5.74, 6) is 1.33. The number of hydrogen-bond acceptors (Lipinski definition) is 1. The van der Waals surface area contributed by atoms with E-state index in [2.05, 4.69) is 22.6 Å². The second-order valence-electron chi connectivity index (χ2n) is 3.40. The molecule has 1 aromatic carbocycles. The average molecular weight is 274 g/mol. The molecule has 1 N–H and O–H groups in total. The predicted molar refractivity (Wildman–Crippen MR) is 57.3 cm³/mol. The van der Waals surface area contributed by atoms with E-state index in [-0.39, 0.29) is 0 Å². The van der Waals surface area contributed by atoms with Gasteiger partial charge in [0.25, 0.3) is 0 Å². The van der Waals surface area contributed by atoms with Gasteiger partial charge < -0.3 is 5.11 Å². The smallest absolute Gasteiger partial charge is 0.132 e. The molecule has 1 aliphatic carbocycles. The molecular weight excluding hydrogens is 263 g/mol. The van der Waals surface area contributed by atoms with Crippen LogP contribution in [0.4, 0.5) is 0 Å². The number of phenolic OH excluding ortho intramolecular Hbond substituents is 1. The van der Waals surface area contributed by atoms with Crippen LogP contribution in [0.1, 0.15) is 18.4 Å². The van der Waals surface area contributed by atoms with Crippen molar-refractivity contribution < 1.29 is 5.11 Å². The molecule has 0 atom stereocenters. The molecular formula is C10H11IO. The van der Waals surface area contributed by atoms with E-state index in [1.165, 1.54) is 12.8 Å². The number of benzene rings is 1. The largest absolute Gasteiger partial charge is 0.507 e. The summed E-state index contributed by atoms with van der Waals surface area (Å²) in [6.45, 7) is 0. The van der Waals surface area contributed by atoms with Gasteiger partial charge in [0.05, 0.1) is 3.57 Å². The van der Waals surface area contributed by atoms with Gasteiger partial charge in [0, 0.05) is 0 Å². The van der Waals surface area contributed by atoms with Gasteiger partial charge in [-0.25, -0.2) is 0 Å². The van der Waals surface area contributed by atoms with Gasteiger partial charge in [0.15, 0.2) is 0 Å². The molecule has 0 heterocycles. The highest BCUT2D eigenvalue weighted by Crippen LogP contribution is 2.36. The van der Waals surface area contributed by atoms with Crippen LogP contribution < -0.4 is 0 Å². The summed E-state index contributed by atoms with van der Waals surface area (Å²) in [4.78, 5) is 0. The van der Waals surface area contributed by atoms with Gasteiger partial charge in [-0.2, -0.15) is 0 Å². The first-order chi connectivity index (χ1) is 5.77. The Morgan fingerprint density at radius 1 is 1.42 bits per heavy atom. The van der Waals surface area contributed by atoms with Crippen molar-refractivity contribution in [1.29, 1.82) is 0 Å². The summed E-state index contributed by atoms with van der Waals surface area (Å²) in [7, 11) is 0. The molecule has 0 aliphatic heterocycles. The fourth-order valence-corrected chi connectivity index (χ4v) is 1.91. The molecule has 2 heteroatoms. The van der Waals surface area contributed by atoms with E-state index in [0.29, 0.717) is 5.75 Å². The first kappa shape index (κ1) is 8.35. The molecule has 0 amide bonds. The van der Waals surface area contributed by atoms with Crippen molar-refractivity contribution in [2.75, 3.05) is 0 Å². The average Bonchev–Trinajstić information content (AvgIpc) is 2.83. The van der Waals surface area contributed by atoms with E-state index in [9.17, 15) is 5.11 Å². The first-order valence-electron chi connectivity index (χ1n) is 4.23. The molecule has 1 aromatic rings. The monoisotopic (exact) mass is 274 g/mol. The highest BCUT2D eigenvalue weighted by molar-refractivity contribution is 14.1. The fourth-order valence-electron chi connectivity index (χ4n) is 1.36. The Kier molecular flexibility index (Phi) is 2.26. The van der Waals surface area contributed by atoms with Crippen LogP contribution in [0.3, 0.4) is 0 Å². The zero-order valence-electron chi connectivity index (χ0n) is 6.76. The Hall–Kier alpha value is -0.250. The van der Waals surface area contributed by atoms with Gasteiger partial charge in [-0.1, -0.05) is 12.1 Å². The lowest BCUT2D eigenvalue weighted by molar-refractivity contribution is 0.462. The van der Waals surface area contributed by atoms with Gasteiger partial charge in [-0.15, -0.1) is 0 Å². The number of halogens is 1. The van der Waals surface area contributed by atoms with Crippen molar-refractivity contribution in [3.05, 3.63) is 27.3 Å². The van der Waals surface area contributed by atoms with Crippen LogP contribution in [-0.4, -0.2) is 5.11 Å². The summed E-state index contributed by atoms with van der Waals surface area (Å²) >= 11 is 2.17. The molecule has 0 aromatic heterocycles. The second kappa shape index (κ2) is 3.24. The molecule has 0 radical (unpaired) electrons. The van der Waals surface area contributed by atoms with E-state index in [1.54, 1.807) is 0 Å². The molecule has 64 valence electrons. The van der Waals surface area contributed by atoms with E-state index in [4.69, 9.17) is 0 Å². The fraction of sp³-hybridized carbons (Fsp3) is 0.400. The summed E-state index contributed by atoms with van der Waals surface area (Å²) < 4.78 is 0.964. The van der Waals surface area contributed by atoms with Crippen LogP contribution in [-0.2, 0) is 6.42 Å². The Morgan fingerprint density at radius 3 is 2.83 bits per heavy atom. The topological polar surface area (TPSA) is 20.2 Å². The highest BCUT2D eigenvalue weighted by Gasteiger charge is 2.22. The molecule has 12 heavy (non-hydrogen) atoms. The molecule has 0 unspecified atom stereocenters. The van der Waals surface area contributed by atoms with E-state index < -0.39 is 0 Å². The summed E-state index contributed by atoms with van der Waals surface area (Å²) in [5.41, 5.74) is 1.12. The van der Waals surface area contributed by atoms with Crippen LogP contribution in [0.15, 0.2) is 18.2 Å². The van der Waals surface area contributed by atoms with Gasteiger partial charge in [-0.3, -0.25) is 0 Å². The van der Waals surface area contributed by atoms with Gasteiger partial charge in [-0.05, 0) is 59.4 Å². The summed E-state index contributed by atoms with van der Waals surface area (Å²) in [5, 5.41) is 9.67. The van der Waals surface area contributed by atoms with Crippen molar-refractivity contribution in [3.63, 3.8) is 0 Å². The van der Waals surface area contributed by atoms with E-state index >= 15 is 0 Å². The van der Waals surface area contributed by atoms with Gasteiger partial charge >= 0.3 is 0 Å². The summed E-state index contributed by atoms with van der Waals surface area (Å²) in [6.07, 6.45) is 3.73. The molecule has 1 saturated carbocycles. The maximum Gasteiger partial charge on any atom is 0.132 e. The Labute approximate surface area is 85.9 Å². The quantitative estimate of drug-likeness (QED) is 0.822. The number of phenols is 1. The van der Waals surface area contributed by atoms with Crippen molar-refractivity contribution in [2.24, 2.45) is 5.92 Å². The van der Waals surface area contributed by atoms with Crippen molar-refractivity contribution in [2.45, 2.75) is 19.3 Å². The molecule has 0 bridgehead atoms. The standard InChI is InChI=1S/C10H11IO/c11-9-3-1-2-8(10(9)12)6-7-4-5-7/h1-3,7,12H,4-6H2. The Balaban J connectivity index is 2.23. The van der Waals surface area contributed by atoms with E-state index in [0.717, 1.165) is 21.5 Å². The normalized spacial score (nSPS) is 16.4. The van der Waals surface area contributed by atoms with Crippen LogP contribution in [0.25, 0.3) is 0 Å². The third kappa shape index (κ3) is 1.73. The predicted octanol–water partition coefficient (Wildman–Crippen LogP) is 2.95. The van der Waals surface area contributed by atoms with Gasteiger partial charge in [0.1, 0.15) is 5.75 Å². The van der Waals surface area contributed by atoms with Crippen LogP contribution in [0.2, 0.25) is 0 Å². The Morgan fingerprint density at radius 2 is 2.17 bits per heavy atom. The lowest BCUT2D eigenvalue weighted by atomic mass is 10.1. The Bertz CT molecular complexity index is 292. The van der Waals surface area contributed by atoms with Crippen LogP contribution in [0.5, 0.6) is 5.75 Å². The van der Waals surface area contributed by atoms with Crippen molar-refractivity contribution >= 4 is 22.6 Å². The highest BCUT2D eigenvalue weighted by atomic mass is 127. The molecule has 2 rings (SSSR count). The maximum absolute atomic E-state index is 9.67. The summed E-state index contributed by atoms with van der Waals surface area (Å²) in [6, 6.07) is 5.97. The van der Waals surface area contributed by atoms with Crippen LogP contribution >= 0.6 is 22.6 Å². The molecule has 0 saturated heterocycles. The maximum atomic E-state index is 9.67. The number of rotatable bonds is 2. The lowest BCUT2D eigenvalue weighted by Crippen LogP contribution is -1.88.